The molecule has 0 atom stereocenters. The number of aliphatic hydroxyl groups excluding tert-OH is 1. The molecule has 0 bridgehead atoms. The van der Waals surface area contributed by atoms with Crippen molar-refractivity contribution in [2.75, 3.05) is 0 Å². The van der Waals surface area contributed by atoms with Crippen LogP contribution >= 0.6 is 0 Å². The van der Waals surface area contributed by atoms with Crippen LogP contribution in [0.5, 0.6) is 11.6 Å². The highest BCUT2D eigenvalue weighted by molar-refractivity contribution is 5.34. The van der Waals surface area contributed by atoms with Gasteiger partial charge >= 0.3 is 6.18 Å². The van der Waals surface area contributed by atoms with Crippen molar-refractivity contribution in [1.82, 2.24) is 4.98 Å². The Bertz CT molecular complexity index is 604. The van der Waals surface area contributed by atoms with Crippen LogP contribution < -0.4 is 4.74 Å². The lowest BCUT2D eigenvalue weighted by Crippen LogP contribution is -2.04. The van der Waals surface area contributed by atoms with Gasteiger partial charge in [-0.15, -0.1) is 0 Å². The van der Waals surface area contributed by atoms with E-state index in [9.17, 15) is 13.2 Å². The van der Waals surface area contributed by atoms with Gasteiger partial charge in [-0.25, -0.2) is 4.98 Å². The lowest BCUT2D eigenvalue weighted by Gasteiger charge is -2.11. The van der Waals surface area contributed by atoms with Crippen molar-refractivity contribution in [3.63, 3.8) is 0 Å². The van der Waals surface area contributed by atoms with E-state index in [4.69, 9.17) is 9.84 Å². The van der Waals surface area contributed by atoms with Crippen LogP contribution in [0.25, 0.3) is 0 Å². The van der Waals surface area contributed by atoms with Crippen LogP contribution in [0, 0.1) is 0 Å². The normalized spacial score (nSPS) is 11.5. The molecule has 0 fully saturated rings. The first-order valence-electron chi connectivity index (χ1n) is 6.38. The van der Waals surface area contributed by atoms with Crippen LogP contribution in [0.3, 0.4) is 0 Å². The number of aromatic nitrogens is 1. The zero-order valence-corrected chi connectivity index (χ0v) is 11.3. The van der Waals surface area contributed by atoms with Gasteiger partial charge in [-0.1, -0.05) is 13.0 Å². The topological polar surface area (TPSA) is 42.4 Å². The first kappa shape index (κ1) is 15.3. The van der Waals surface area contributed by atoms with E-state index in [-0.39, 0.29) is 18.2 Å². The molecule has 3 nitrogen and oxygen atoms in total. The summed E-state index contributed by atoms with van der Waals surface area (Å²) in [5, 5.41) is 9.17. The van der Waals surface area contributed by atoms with E-state index >= 15 is 0 Å². The van der Waals surface area contributed by atoms with Crippen molar-refractivity contribution in [3.8, 4) is 11.6 Å². The maximum Gasteiger partial charge on any atom is 0.416 e. The SMILES string of the molecule is CCc1cc(CO)cc(Oc2cccc(C(F)(F)F)c2)n1. The molecule has 112 valence electrons. The number of hydrogen-bond acceptors (Lipinski definition) is 3. The van der Waals surface area contributed by atoms with Crippen LogP contribution in [0.2, 0.25) is 0 Å². The molecule has 21 heavy (non-hydrogen) atoms. The number of halogens is 3. The van der Waals surface area contributed by atoms with E-state index in [0.717, 1.165) is 12.1 Å². The molecule has 1 aromatic carbocycles. The van der Waals surface area contributed by atoms with E-state index in [1.165, 1.54) is 18.2 Å². The van der Waals surface area contributed by atoms with E-state index in [1.807, 2.05) is 6.92 Å². The van der Waals surface area contributed by atoms with Crippen LogP contribution in [0.15, 0.2) is 36.4 Å². The summed E-state index contributed by atoms with van der Waals surface area (Å²) in [4.78, 5) is 4.17. The molecule has 1 heterocycles. The number of benzene rings is 1. The van der Waals surface area contributed by atoms with Gasteiger partial charge < -0.3 is 9.84 Å². The maximum absolute atomic E-state index is 12.6. The minimum absolute atomic E-state index is 0.0504. The van der Waals surface area contributed by atoms with Crippen molar-refractivity contribution >= 4 is 0 Å². The Hall–Kier alpha value is -2.08. The second-order valence-electron chi connectivity index (χ2n) is 4.44. The number of rotatable bonds is 4. The Morgan fingerprint density at radius 2 is 1.95 bits per heavy atom. The molecule has 0 saturated heterocycles. The summed E-state index contributed by atoms with van der Waals surface area (Å²) in [5.41, 5.74) is 0.515. The van der Waals surface area contributed by atoms with Gasteiger partial charge in [0.1, 0.15) is 5.75 Å². The molecule has 6 heteroatoms. The Balaban J connectivity index is 2.30. The van der Waals surface area contributed by atoms with Gasteiger partial charge in [0, 0.05) is 11.8 Å². The molecule has 0 spiro atoms. The van der Waals surface area contributed by atoms with Crippen LogP contribution in [0.1, 0.15) is 23.7 Å². The van der Waals surface area contributed by atoms with Gasteiger partial charge in [-0.3, -0.25) is 0 Å². The van der Waals surface area contributed by atoms with Crippen LogP contribution in [0.4, 0.5) is 13.2 Å². The predicted molar refractivity (Wildman–Crippen MR) is 71.1 cm³/mol. The van der Waals surface area contributed by atoms with Gasteiger partial charge in [-0.2, -0.15) is 13.2 Å². The van der Waals surface area contributed by atoms with Gasteiger partial charge in [0.05, 0.1) is 12.2 Å². The molecule has 0 aliphatic heterocycles. The largest absolute Gasteiger partial charge is 0.439 e. The third-order valence-corrected chi connectivity index (χ3v) is 2.84. The van der Waals surface area contributed by atoms with Crippen LogP contribution in [-0.2, 0) is 19.2 Å². The summed E-state index contributed by atoms with van der Waals surface area (Å²) >= 11 is 0. The Morgan fingerprint density at radius 1 is 1.19 bits per heavy atom. The van der Waals surface area contributed by atoms with Crippen molar-refractivity contribution in [2.45, 2.75) is 26.1 Å². The Morgan fingerprint density at radius 3 is 2.57 bits per heavy atom. The monoisotopic (exact) mass is 297 g/mol. The van der Waals surface area contributed by atoms with E-state index in [2.05, 4.69) is 4.98 Å². The zero-order chi connectivity index (χ0) is 15.5. The van der Waals surface area contributed by atoms with Gasteiger partial charge in [0.2, 0.25) is 5.88 Å². The molecule has 0 radical (unpaired) electrons. The van der Waals surface area contributed by atoms with Gasteiger partial charge in [-0.05, 0) is 36.2 Å². The number of aliphatic hydroxyl groups is 1. The predicted octanol–water partition coefficient (Wildman–Crippen LogP) is 3.95. The van der Waals surface area contributed by atoms with Crippen molar-refractivity contribution in [3.05, 3.63) is 53.2 Å². The van der Waals surface area contributed by atoms with E-state index < -0.39 is 11.7 Å². The highest BCUT2D eigenvalue weighted by Gasteiger charge is 2.30. The molecule has 2 rings (SSSR count). The Labute approximate surface area is 120 Å². The summed E-state index contributed by atoms with van der Waals surface area (Å²) in [6.45, 7) is 1.70. The molecule has 0 saturated carbocycles. The molecule has 1 N–H and O–H groups in total. The molecule has 0 aliphatic carbocycles. The van der Waals surface area contributed by atoms with E-state index in [1.54, 1.807) is 6.07 Å². The molecule has 0 unspecified atom stereocenters. The lowest BCUT2D eigenvalue weighted by atomic mass is 10.2. The number of nitrogens with zero attached hydrogens (tertiary/aromatic N) is 1. The molecular formula is C15H14F3NO2. The molecule has 1 aromatic heterocycles. The summed E-state index contributed by atoms with van der Waals surface area (Å²) in [5.74, 6) is 0.215. The van der Waals surface area contributed by atoms with E-state index in [0.29, 0.717) is 17.7 Å². The number of alkyl halides is 3. The number of ether oxygens (including phenoxy) is 1. The first-order valence-corrected chi connectivity index (χ1v) is 6.38. The quantitative estimate of drug-likeness (QED) is 0.929. The smallest absolute Gasteiger partial charge is 0.416 e. The molecular weight excluding hydrogens is 283 g/mol. The molecule has 0 aliphatic rings. The summed E-state index contributed by atoms with van der Waals surface area (Å²) < 4.78 is 43.3. The van der Waals surface area contributed by atoms with Gasteiger partial charge in [0.15, 0.2) is 0 Å². The standard InChI is InChI=1S/C15H14F3NO2/c1-2-12-6-10(9-20)7-14(19-12)21-13-5-3-4-11(8-13)15(16,17)18/h3-8,20H,2,9H2,1H3. The summed E-state index contributed by atoms with van der Waals surface area (Å²) in [7, 11) is 0. The fraction of sp³-hybridized carbons (Fsp3) is 0.267. The van der Waals surface area contributed by atoms with Crippen molar-refractivity contribution in [2.24, 2.45) is 0 Å². The third-order valence-electron chi connectivity index (χ3n) is 2.84. The second kappa shape index (κ2) is 6.13. The van der Waals surface area contributed by atoms with Crippen molar-refractivity contribution in [1.29, 1.82) is 0 Å². The first-order chi connectivity index (χ1) is 9.92. The fourth-order valence-corrected chi connectivity index (χ4v) is 1.80. The minimum Gasteiger partial charge on any atom is -0.439 e. The van der Waals surface area contributed by atoms with Crippen molar-refractivity contribution < 1.29 is 23.0 Å². The average molecular weight is 297 g/mol. The lowest BCUT2D eigenvalue weighted by molar-refractivity contribution is -0.137. The van der Waals surface area contributed by atoms with Gasteiger partial charge in [0.25, 0.3) is 0 Å². The summed E-state index contributed by atoms with van der Waals surface area (Å²) in [6, 6.07) is 7.81. The average Bonchev–Trinajstić information content (AvgIpc) is 2.46. The third kappa shape index (κ3) is 3.95. The minimum atomic E-state index is -4.42. The molecule has 2 aromatic rings. The summed E-state index contributed by atoms with van der Waals surface area (Å²) in [6.07, 6.45) is -3.79. The highest BCUT2D eigenvalue weighted by Crippen LogP contribution is 2.32. The second-order valence-corrected chi connectivity index (χ2v) is 4.44. The van der Waals surface area contributed by atoms with Crippen LogP contribution in [-0.4, -0.2) is 10.1 Å². The number of pyridine rings is 1. The highest BCUT2D eigenvalue weighted by atomic mass is 19.4. The fourth-order valence-electron chi connectivity index (χ4n) is 1.80. The Kier molecular flexibility index (Phi) is 4.47. The maximum atomic E-state index is 12.6. The molecule has 0 amide bonds. The zero-order valence-electron chi connectivity index (χ0n) is 11.3. The number of hydrogen-bond donors (Lipinski definition) is 1. The number of aryl methyl sites for hydroxylation is 1.